The number of aliphatic hydroxyl groups is 3. The molecule has 9 heteroatoms. The Morgan fingerprint density at radius 3 is 2.41 bits per heavy atom. The first-order chi connectivity index (χ1) is 17.4. The summed E-state index contributed by atoms with van der Waals surface area (Å²) in [4.78, 5) is 43.1. The second-order valence-corrected chi connectivity index (χ2v) is 10.7. The number of likely N-dealkylation sites (N-methyl/N-ethyl adjacent to an activating group) is 1. The van der Waals surface area contributed by atoms with Gasteiger partial charge in [-0.15, -0.1) is 0 Å². The number of ether oxygens (including phenoxy) is 1. The lowest BCUT2D eigenvalue weighted by Gasteiger charge is -2.50. The van der Waals surface area contributed by atoms with Crippen molar-refractivity contribution in [1.82, 2.24) is 4.90 Å². The van der Waals surface area contributed by atoms with Gasteiger partial charge in [-0.05, 0) is 63.9 Å². The predicted molar refractivity (Wildman–Crippen MR) is 139 cm³/mol. The van der Waals surface area contributed by atoms with E-state index in [4.69, 9.17) is 4.74 Å². The third-order valence-corrected chi connectivity index (χ3v) is 7.91. The molecule has 0 amide bonds. The molecule has 3 N–H and O–H groups in total. The van der Waals surface area contributed by atoms with Crippen molar-refractivity contribution in [3.05, 3.63) is 40.2 Å². The molecule has 9 nitrogen and oxygen atoms in total. The molecular weight excluding hydrogens is 476 g/mol. The third-order valence-electron chi connectivity index (χ3n) is 7.91. The third kappa shape index (κ3) is 3.95. The fourth-order valence-corrected chi connectivity index (χ4v) is 6.18. The zero-order valence-electron chi connectivity index (χ0n) is 22.3. The van der Waals surface area contributed by atoms with Crippen LogP contribution in [0.15, 0.2) is 29.0 Å². The highest BCUT2D eigenvalue weighted by molar-refractivity contribution is 6.25. The van der Waals surface area contributed by atoms with Gasteiger partial charge in [0, 0.05) is 31.3 Å². The summed E-state index contributed by atoms with van der Waals surface area (Å²) in [5.74, 6) is -4.53. The molecule has 4 atom stereocenters. The number of fused-ring (bicyclic) bond motifs is 3. The number of hydrogen-bond acceptors (Lipinski definition) is 9. The van der Waals surface area contributed by atoms with E-state index in [0.717, 1.165) is 31.0 Å². The number of carbonyl (C=O) groups excluding carboxylic acids is 3. The molecule has 0 saturated heterocycles. The van der Waals surface area contributed by atoms with Crippen LogP contribution in [0.4, 0.5) is 5.69 Å². The van der Waals surface area contributed by atoms with Crippen molar-refractivity contribution in [3.8, 4) is 5.75 Å². The van der Waals surface area contributed by atoms with Crippen molar-refractivity contribution in [1.29, 1.82) is 0 Å². The first-order valence-corrected chi connectivity index (χ1v) is 12.7. The van der Waals surface area contributed by atoms with Gasteiger partial charge in [-0.25, -0.2) is 0 Å². The molecule has 0 heterocycles. The Kier molecular flexibility index (Phi) is 6.98. The molecule has 37 heavy (non-hydrogen) atoms. The van der Waals surface area contributed by atoms with Crippen molar-refractivity contribution in [2.24, 2.45) is 11.8 Å². The van der Waals surface area contributed by atoms with Crippen LogP contribution in [0, 0.1) is 11.8 Å². The smallest absolute Gasteiger partial charge is 0.202 e. The van der Waals surface area contributed by atoms with Crippen LogP contribution in [0.25, 0.3) is 5.76 Å². The first kappa shape index (κ1) is 26.9. The highest BCUT2D eigenvalue weighted by Crippen LogP contribution is 2.53. The van der Waals surface area contributed by atoms with Gasteiger partial charge in [-0.2, -0.15) is 0 Å². The van der Waals surface area contributed by atoms with E-state index in [1.165, 1.54) is 0 Å². The van der Waals surface area contributed by atoms with Crippen molar-refractivity contribution in [3.63, 3.8) is 0 Å². The van der Waals surface area contributed by atoms with E-state index < -0.39 is 52.2 Å². The predicted octanol–water partition coefficient (Wildman–Crippen LogP) is 2.61. The molecule has 4 rings (SSSR count). The number of aliphatic hydroxyl groups excluding tert-OH is 2. The minimum absolute atomic E-state index is 0.0104. The maximum Gasteiger partial charge on any atom is 0.202 e. The van der Waals surface area contributed by atoms with E-state index in [-0.39, 0.29) is 17.8 Å². The van der Waals surface area contributed by atoms with Crippen LogP contribution in [-0.2, 0) is 20.8 Å². The summed E-state index contributed by atoms with van der Waals surface area (Å²) in [5, 5.41) is 34.4. The van der Waals surface area contributed by atoms with Crippen LogP contribution in [0.2, 0.25) is 0 Å². The molecule has 0 bridgehead atoms. The zero-order chi connectivity index (χ0) is 27.4. The standard InChI is InChI=1S/C28H36N2O7/c1-7-8-11-37-19-10-9-18(29(3)4)16-12-15-13-17-23(30(5)6)25(33)20(14(2)31)26(34)28(17,36)27(35)21(15)24(32)22(16)19/h9-10,15,17,23,32,34,36H,7-8,11-13H2,1-6H3/t15-,17-,23-,28+/m0/s1. The van der Waals surface area contributed by atoms with Crippen molar-refractivity contribution in [2.45, 2.75) is 51.2 Å². The molecule has 1 fully saturated rings. The summed E-state index contributed by atoms with van der Waals surface area (Å²) in [5.41, 5.74) is -1.01. The molecule has 1 saturated carbocycles. The number of nitrogens with zero attached hydrogens (tertiary/aromatic N) is 2. The summed E-state index contributed by atoms with van der Waals surface area (Å²) in [6.07, 6.45) is 2.27. The topological polar surface area (TPSA) is 128 Å². The van der Waals surface area contributed by atoms with Crippen LogP contribution in [0.5, 0.6) is 5.75 Å². The average molecular weight is 513 g/mol. The molecular formula is C28H36N2O7. The van der Waals surface area contributed by atoms with E-state index in [1.807, 2.05) is 32.0 Å². The van der Waals surface area contributed by atoms with Crippen molar-refractivity contribution < 1.29 is 34.4 Å². The van der Waals surface area contributed by atoms with Gasteiger partial charge in [-0.3, -0.25) is 19.3 Å². The summed E-state index contributed by atoms with van der Waals surface area (Å²) >= 11 is 0. The zero-order valence-corrected chi connectivity index (χ0v) is 22.3. The molecule has 0 spiro atoms. The van der Waals surface area contributed by atoms with Gasteiger partial charge >= 0.3 is 0 Å². The number of unbranched alkanes of at least 4 members (excludes halogenated alkanes) is 1. The van der Waals surface area contributed by atoms with E-state index >= 15 is 0 Å². The van der Waals surface area contributed by atoms with Gasteiger partial charge in [0.15, 0.2) is 17.2 Å². The maximum atomic E-state index is 14.0. The highest BCUT2D eigenvalue weighted by Gasteiger charge is 2.64. The SMILES string of the molecule is CCCCOc1ccc(N(C)C)c2c1C(O)=C1C(=O)[C@]3(O)C(O)=C(C(C)=O)C(=O)[C@@H](N(C)C)[C@@H]3C[C@@H]1C2. The largest absolute Gasteiger partial charge is 0.508 e. The van der Waals surface area contributed by atoms with Gasteiger partial charge in [0.1, 0.15) is 22.8 Å². The Balaban J connectivity index is 1.95. The quantitative estimate of drug-likeness (QED) is 0.373. The highest BCUT2D eigenvalue weighted by atomic mass is 16.5. The van der Waals surface area contributed by atoms with Gasteiger partial charge in [-0.1, -0.05) is 13.3 Å². The monoisotopic (exact) mass is 512 g/mol. The first-order valence-electron chi connectivity index (χ1n) is 12.7. The second-order valence-electron chi connectivity index (χ2n) is 10.7. The van der Waals surface area contributed by atoms with E-state index in [1.54, 1.807) is 25.1 Å². The Hall–Kier alpha value is -3.17. The molecule has 0 radical (unpaired) electrons. The Morgan fingerprint density at radius 2 is 1.84 bits per heavy atom. The van der Waals surface area contributed by atoms with Crippen LogP contribution in [-0.4, -0.2) is 84.0 Å². The van der Waals surface area contributed by atoms with Crippen LogP contribution in [0.1, 0.15) is 44.2 Å². The fraction of sp³-hybridized carbons (Fsp3) is 0.536. The summed E-state index contributed by atoms with van der Waals surface area (Å²) in [6.45, 7) is 3.60. The summed E-state index contributed by atoms with van der Waals surface area (Å²) in [6, 6.07) is 2.68. The molecule has 3 aliphatic rings. The Morgan fingerprint density at radius 1 is 1.16 bits per heavy atom. The van der Waals surface area contributed by atoms with Gasteiger partial charge < -0.3 is 25.0 Å². The maximum absolute atomic E-state index is 14.0. The summed E-state index contributed by atoms with van der Waals surface area (Å²) < 4.78 is 5.99. The molecule has 3 aliphatic carbocycles. The van der Waals surface area contributed by atoms with Gasteiger partial charge in [0.2, 0.25) is 5.78 Å². The number of ketones is 3. The lowest BCUT2D eigenvalue weighted by molar-refractivity contribution is -0.153. The molecule has 1 aromatic carbocycles. The van der Waals surface area contributed by atoms with E-state index in [9.17, 15) is 29.7 Å². The Bertz CT molecular complexity index is 1230. The van der Waals surface area contributed by atoms with Crippen molar-refractivity contribution >= 4 is 28.8 Å². The molecule has 0 aliphatic heterocycles. The number of Topliss-reactive ketones (excluding diaryl/α,β-unsaturated/α-hetero) is 3. The van der Waals surface area contributed by atoms with E-state index in [2.05, 4.69) is 0 Å². The molecule has 0 unspecified atom stereocenters. The minimum Gasteiger partial charge on any atom is -0.508 e. The molecule has 1 aromatic rings. The number of rotatable bonds is 7. The Labute approximate surface area is 217 Å². The summed E-state index contributed by atoms with van der Waals surface area (Å²) in [7, 11) is 7.05. The molecule has 0 aromatic heterocycles. The lowest BCUT2D eigenvalue weighted by Crippen LogP contribution is -2.65. The average Bonchev–Trinajstić information content (AvgIpc) is 2.81. The van der Waals surface area contributed by atoms with E-state index in [0.29, 0.717) is 24.3 Å². The fourth-order valence-electron chi connectivity index (χ4n) is 6.18. The number of hydrogen-bond donors (Lipinski definition) is 3. The van der Waals surface area contributed by atoms with Gasteiger partial charge in [0.25, 0.3) is 0 Å². The van der Waals surface area contributed by atoms with Crippen LogP contribution in [0.3, 0.4) is 0 Å². The van der Waals surface area contributed by atoms with Crippen LogP contribution >= 0.6 is 0 Å². The minimum atomic E-state index is -2.51. The number of anilines is 1. The number of carbonyl (C=O) groups is 3. The second kappa shape index (κ2) is 9.61. The normalized spacial score (nSPS) is 27.2. The lowest BCUT2D eigenvalue weighted by atomic mass is 9.57. The van der Waals surface area contributed by atoms with Crippen molar-refractivity contribution in [2.75, 3.05) is 39.7 Å². The van der Waals surface area contributed by atoms with Gasteiger partial charge in [0.05, 0.1) is 18.2 Å². The molecule has 200 valence electrons. The number of benzene rings is 1. The van der Waals surface area contributed by atoms with Crippen LogP contribution < -0.4 is 9.64 Å².